The second-order valence-corrected chi connectivity index (χ2v) is 5.58. The standard InChI is InChI=1S/C9H6ClF2NO3S/c1-5-2-6(4-13)3-7(17(10,14)15)8(5)16-9(11)12/h2-3,9H,1H3. The first-order valence-corrected chi connectivity index (χ1v) is 6.51. The molecular formula is C9H6ClF2NO3S. The summed E-state index contributed by atoms with van der Waals surface area (Å²) in [5.41, 5.74) is 0.0758. The molecule has 0 aliphatic heterocycles. The zero-order valence-corrected chi connectivity index (χ0v) is 10.0. The van der Waals surface area contributed by atoms with Gasteiger partial charge in [-0.1, -0.05) is 0 Å². The molecule has 17 heavy (non-hydrogen) atoms. The van der Waals surface area contributed by atoms with Gasteiger partial charge in [0.2, 0.25) is 0 Å². The zero-order chi connectivity index (χ0) is 13.2. The lowest BCUT2D eigenvalue weighted by Crippen LogP contribution is -2.07. The fraction of sp³-hybridized carbons (Fsp3) is 0.222. The van der Waals surface area contributed by atoms with E-state index in [4.69, 9.17) is 15.9 Å². The summed E-state index contributed by atoms with van der Waals surface area (Å²) in [7, 11) is 0.815. The number of nitriles is 1. The van der Waals surface area contributed by atoms with E-state index >= 15 is 0 Å². The van der Waals surface area contributed by atoms with Crippen molar-refractivity contribution in [3.8, 4) is 11.8 Å². The van der Waals surface area contributed by atoms with Crippen LogP contribution < -0.4 is 4.74 Å². The molecule has 0 spiro atoms. The average molecular weight is 282 g/mol. The summed E-state index contributed by atoms with van der Waals surface area (Å²) in [6, 6.07) is 3.80. The minimum atomic E-state index is -4.27. The number of hydrogen-bond acceptors (Lipinski definition) is 4. The van der Waals surface area contributed by atoms with Gasteiger partial charge in [0.15, 0.2) is 0 Å². The van der Waals surface area contributed by atoms with Crippen LogP contribution in [-0.4, -0.2) is 15.0 Å². The number of hydrogen-bond donors (Lipinski definition) is 0. The van der Waals surface area contributed by atoms with Crippen LogP contribution in [-0.2, 0) is 9.05 Å². The smallest absolute Gasteiger partial charge is 0.387 e. The fourth-order valence-corrected chi connectivity index (χ4v) is 2.27. The summed E-state index contributed by atoms with van der Waals surface area (Å²) in [6.07, 6.45) is 0. The van der Waals surface area contributed by atoms with Gasteiger partial charge in [-0.05, 0) is 24.6 Å². The molecule has 0 saturated carbocycles. The van der Waals surface area contributed by atoms with Crippen molar-refractivity contribution in [3.63, 3.8) is 0 Å². The number of rotatable bonds is 3. The van der Waals surface area contributed by atoms with Gasteiger partial charge in [0.25, 0.3) is 9.05 Å². The summed E-state index contributed by atoms with van der Waals surface area (Å²) >= 11 is 0. The highest BCUT2D eigenvalue weighted by molar-refractivity contribution is 8.13. The van der Waals surface area contributed by atoms with Crippen LogP contribution in [0.2, 0.25) is 0 Å². The van der Waals surface area contributed by atoms with E-state index in [9.17, 15) is 17.2 Å². The molecule has 0 atom stereocenters. The molecule has 0 aliphatic carbocycles. The molecule has 0 aliphatic rings. The Morgan fingerprint density at radius 1 is 1.47 bits per heavy atom. The van der Waals surface area contributed by atoms with Crippen molar-refractivity contribution in [2.24, 2.45) is 0 Å². The van der Waals surface area contributed by atoms with Crippen molar-refractivity contribution in [2.75, 3.05) is 0 Å². The highest BCUT2D eigenvalue weighted by Gasteiger charge is 2.22. The minimum absolute atomic E-state index is 0.0108. The van der Waals surface area contributed by atoms with Crippen molar-refractivity contribution in [1.82, 2.24) is 0 Å². The van der Waals surface area contributed by atoms with Crippen LogP contribution in [0.5, 0.6) is 5.75 Å². The van der Waals surface area contributed by atoms with E-state index < -0.39 is 26.3 Å². The molecular weight excluding hydrogens is 276 g/mol. The number of ether oxygens (including phenoxy) is 1. The molecule has 0 heterocycles. The Kier molecular flexibility index (Phi) is 3.91. The third-order valence-electron chi connectivity index (χ3n) is 1.84. The first-order valence-electron chi connectivity index (χ1n) is 4.20. The van der Waals surface area contributed by atoms with Crippen LogP contribution >= 0.6 is 10.7 Å². The molecule has 1 rings (SSSR count). The topological polar surface area (TPSA) is 67.2 Å². The quantitative estimate of drug-likeness (QED) is 0.798. The average Bonchev–Trinajstić information content (AvgIpc) is 2.18. The summed E-state index contributed by atoms with van der Waals surface area (Å²) < 4.78 is 50.7. The van der Waals surface area contributed by atoms with Crippen LogP contribution in [0.4, 0.5) is 8.78 Å². The maximum Gasteiger partial charge on any atom is 0.387 e. The van der Waals surface area contributed by atoms with E-state index in [-0.39, 0.29) is 11.1 Å². The molecule has 4 nitrogen and oxygen atoms in total. The zero-order valence-electron chi connectivity index (χ0n) is 8.45. The molecule has 0 fully saturated rings. The number of halogens is 3. The molecule has 1 aromatic rings. The van der Waals surface area contributed by atoms with Crippen molar-refractivity contribution in [2.45, 2.75) is 18.4 Å². The van der Waals surface area contributed by atoms with Gasteiger partial charge in [-0.15, -0.1) is 0 Å². The van der Waals surface area contributed by atoms with E-state index in [1.54, 1.807) is 6.07 Å². The predicted octanol–water partition coefficient (Wildman–Crippen LogP) is 2.40. The van der Waals surface area contributed by atoms with Crippen LogP contribution in [0.15, 0.2) is 17.0 Å². The van der Waals surface area contributed by atoms with E-state index in [1.165, 1.54) is 13.0 Å². The second-order valence-electron chi connectivity index (χ2n) is 3.05. The van der Waals surface area contributed by atoms with Gasteiger partial charge in [0, 0.05) is 10.7 Å². The lowest BCUT2D eigenvalue weighted by atomic mass is 10.1. The van der Waals surface area contributed by atoms with Crippen molar-refractivity contribution < 1.29 is 21.9 Å². The van der Waals surface area contributed by atoms with Gasteiger partial charge >= 0.3 is 6.61 Å². The lowest BCUT2D eigenvalue weighted by molar-refractivity contribution is -0.0521. The summed E-state index contributed by atoms with van der Waals surface area (Å²) in [5.74, 6) is -0.547. The summed E-state index contributed by atoms with van der Waals surface area (Å²) in [4.78, 5) is -0.643. The van der Waals surface area contributed by atoms with Crippen LogP contribution in [0, 0.1) is 18.3 Å². The molecule has 0 bridgehead atoms. The monoisotopic (exact) mass is 281 g/mol. The Labute approximate surface area is 101 Å². The Balaban J connectivity index is 3.53. The lowest BCUT2D eigenvalue weighted by Gasteiger charge is -2.11. The minimum Gasteiger partial charge on any atom is -0.433 e. The summed E-state index contributed by atoms with van der Waals surface area (Å²) in [5, 5.41) is 8.65. The highest BCUT2D eigenvalue weighted by atomic mass is 35.7. The normalized spacial score (nSPS) is 11.3. The second kappa shape index (κ2) is 4.85. The molecule has 1 aromatic carbocycles. The Morgan fingerprint density at radius 2 is 2.06 bits per heavy atom. The maximum atomic E-state index is 12.1. The van der Waals surface area contributed by atoms with Crippen LogP contribution in [0.3, 0.4) is 0 Å². The molecule has 0 amide bonds. The van der Waals surface area contributed by atoms with Crippen molar-refractivity contribution >= 4 is 19.7 Å². The Bertz CT molecular complexity index is 581. The van der Waals surface area contributed by atoms with E-state index in [0.29, 0.717) is 0 Å². The highest BCUT2D eigenvalue weighted by Crippen LogP contribution is 2.32. The van der Waals surface area contributed by atoms with Crippen LogP contribution in [0.1, 0.15) is 11.1 Å². The van der Waals surface area contributed by atoms with E-state index in [1.807, 2.05) is 0 Å². The first-order chi connectivity index (χ1) is 7.75. The molecule has 0 radical (unpaired) electrons. The largest absolute Gasteiger partial charge is 0.433 e. The van der Waals surface area contributed by atoms with Crippen molar-refractivity contribution in [3.05, 3.63) is 23.3 Å². The Morgan fingerprint density at radius 3 is 2.47 bits per heavy atom. The number of aryl methyl sites for hydroxylation is 1. The SMILES string of the molecule is Cc1cc(C#N)cc(S(=O)(=O)Cl)c1OC(F)F. The van der Waals surface area contributed by atoms with Gasteiger partial charge in [-0.3, -0.25) is 0 Å². The first kappa shape index (κ1) is 13.7. The molecule has 0 aromatic heterocycles. The maximum absolute atomic E-state index is 12.1. The molecule has 8 heteroatoms. The molecule has 0 unspecified atom stereocenters. The summed E-state index contributed by atoms with van der Waals surface area (Å²) in [6.45, 7) is -1.84. The van der Waals surface area contributed by atoms with Gasteiger partial charge in [0.1, 0.15) is 10.6 Å². The molecule has 0 N–H and O–H groups in total. The number of benzene rings is 1. The van der Waals surface area contributed by atoms with Crippen LogP contribution in [0.25, 0.3) is 0 Å². The van der Waals surface area contributed by atoms with E-state index in [2.05, 4.69) is 4.74 Å². The third-order valence-corrected chi connectivity index (χ3v) is 3.17. The molecule has 92 valence electrons. The van der Waals surface area contributed by atoms with Gasteiger partial charge in [0.05, 0.1) is 11.6 Å². The molecule has 0 saturated heterocycles. The van der Waals surface area contributed by atoms with Gasteiger partial charge < -0.3 is 4.74 Å². The van der Waals surface area contributed by atoms with Crippen molar-refractivity contribution in [1.29, 1.82) is 5.26 Å². The third kappa shape index (κ3) is 3.28. The Hall–Kier alpha value is -1.39. The van der Waals surface area contributed by atoms with Gasteiger partial charge in [-0.2, -0.15) is 14.0 Å². The van der Waals surface area contributed by atoms with E-state index in [0.717, 1.165) is 6.07 Å². The number of alkyl halides is 2. The van der Waals surface area contributed by atoms with Gasteiger partial charge in [-0.25, -0.2) is 8.42 Å². The predicted molar refractivity (Wildman–Crippen MR) is 55.6 cm³/mol. The fourth-order valence-electron chi connectivity index (χ4n) is 1.23. The number of nitrogens with zero attached hydrogens (tertiary/aromatic N) is 1.